The summed E-state index contributed by atoms with van der Waals surface area (Å²) in [6.07, 6.45) is 1.45. The number of ether oxygens (including phenoxy) is 3. The Kier molecular flexibility index (Phi) is 10.9. The number of para-hydroxylation sites is 1. The Labute approximate surface area is 262 Å². The Morgan fingerprint density at radius 3 is 2.62 bits per heavy atom. The highest BCUT2D eigenvalue weighted by molar-refractivity contribution is 9.10. The van der Waals surface area contributed by atoms with Gasteiger partial charge < -0.3 is 24.8 Å². The Morgan fingerprint density at radius 1 is 1.10 bits per heavy atom. The van der Waals surface area contributed by atoms with Gasteiger partial charge in [0.25, 0.3) is 5.91 Å². The summed E-state index contributed by atoms with van der Waals surface area (Å²) in [5, 5.41) is 11.0. The van der Waals surface area contributed by atoms with Gasteiger partial charge in [-0.25, -0.2) is 10.2 Å². The minimum atomic E-state index is -0.631. The van der Waals surface area contributed by atoms with Crippen molar-refractivity contribution >= 4 is 63.0 Å². The molecule has 1 amide bonds. The van der Waals surface area contributed by atoms with Crippen LogP contribution in [0.5, 0.6) is 11.5 Å². The lowest BCUT2D eigenvalue weighted by Crippen LogP contribution is -2.45. The van der Waals surface area contributed by atoms with Crippen molar-refractivity contribution in [3.05, 3.63) is 104 Å². The number of esters is 1. The van der Waals surface area contributed by atoms with Crippen molar-refractivity contribution in [2.75, 3.05) is 13.2 Å². The number of halogens is 2. The second-order valence-corrected chi connectivity index (χ2v) is 10.8. The Morgan fingerprint density at radius 2 is 1.86 bits per heavy atom. The van der Waals surface area contributed by atoms with E-state index in [1.54, 1.807) is 56.3 Å². The van der Waals surface area contributed by atoms with Crippen LogP contribution >= 0.6 is 39.7 Å². The smallest absolute Gasteiger partial charge is 0.338 e. The first-order chi connectivity index (χ1) is 20.2. The fraction of sp³-hybridized carbons (Fsp3) is 0.200. The van der Waals surface area contributed by atoms with Gasteiger partial charge in [-0.2, -0.15) is 5.10 Å². The highest BCUT2D eigenvalue weighted by Crippen LogP contribution is 2.33. The second kappa shape index (κ2) is 14.8. The molecular weight excluding hydrogens is 644 g/mol. The van der Waals surface area contributed by atoms with E-state index in [1.807, 2.05) is 24.3 Å². The number of allylic oxidation sites excluding steroid dienone is 1. The van der Waals surface area contributed by atoms with E-state index in [9.17, 15) is 9.59 Å². The molecule has 0 saturated heterocycles. The van der Waals surface area contributed by atoms with Crippen molar-refractivity contribution in [2.45, 2.75) is 26.5 Å². The van der Waals surface area contributed by atoms with Gasteiger partial charge in [-0.1, -0.05) is 57.9 Å². The molecule has 0 fully saturated rings. The molecule has 1 heterocycles. The predicted molar refractivity (Wildman–Crippen MR) is 169 cm³/mol. The molecule has 3 N–H and O–H groups in total. The van der Waals surface area contributed by atoms with Crippen molar-refractivity contribution in [1.82, 2.24) is 16.1 Å². The molecule has 0 aromatic heterocycles. The van der Waals surface area contributed by atoms with Crippen LogP contribution in [0.25, 0.3) is 0 Å². The molecule has 12 heteroatoms. The summed E-state index contributed by atoms with van der Waals surface area (Å²) in [7, 11) is 0. The van der Waals surface area contributed by atoms with E-state index in [-0.39, 0.29) is 13.2 Å². The van der Waals surface area contributed by atoms with E-state index in [4.69, 9.17) is 38.0 Å². The Bertz CT molecular complexity index is 1530. The molecule has 0 radical (unpaired) electrons. The maximum absolute atomic E-state index is 12.7. The van der Waals surface area contributed by atoms with E-state index >= 15 is 0 Å². The Balaban J connectivity index is 1.41. The molecule has 4 rings (SSSR count). The number of nitrogens with one attached hydrogen (secondary N) is 3. The van der Waals surface area contributed by atoms with Crippen LogP contribution in [0.2, 0.25) is 5.02 Å². The number of hydrogen-bond donors (Lipinski definition) is 3. The van der Waals surface area contributed by atoms with Gasteiger partial charge in [0.05, 0.1) is 24.4 Å². The first kappa shape index (κ1) is 31.0. The molecule has 0 aliphatic carbocycles. The molecule has 0 spiro atoms. The lowest BCUT2D eigenvalue weighted by Gasteiger charge is -2.30. The number of amides is 1. The van der Waals surface area contributed by atoms with E-state index in [0.29, 0.717) is 50.6 Å². The highest BCUT2D eigenvalue weighted by Gasteiger charge is 2.32. The number of thiocarbonyl (C=S) groups is 1. The van der Waals surface area contributed by atoms with Crippen LogP contribution in [0, 0.1) is 0 Å². The lowest BCUT2D eigenvalue weighted by atomic mass is 9.95. The van der Waals surface area contributed by atoms with Crippen LogP contribution in [-0.2, 0) is 20.9 Å². The largest absolute Gasteiger partial charge is 0.488 e. The lowest BCUT2D eigenvalue weighted by molar-refractivity contribution is -0.139. The molecule has 218 valence electrons. The summed E-state index contributed by atoms with van der Waals surface area (Å²) in [6.45, 7) is 3.72. The number of hydrogen-bond acceptors (Lipinski definition) is 7. The zero-order chi connectivity index (χ0) is 30.1. The first-order valence-electron chi connectivity index (χ1n) is 12.9. The highest BCUT2D eigenvalue weighted by atomic mass is 79.9. The number of benzene rings is 3. The SMILES string of the molecule is CCOC(=O)C1=C(C)NC(=S)N[C@@H]1c1ccccc1OCC(=O)NN=Cc1cc(Cl)ccc1OCc1ccc(Br)cc1. The zero-order valence-corrected chi connectivity index (χ0v) is 25.9. The van der Waals surface area contributed by atoms with Crippen LogP contribution in [0.3, 0.4) is 0 Å². The minimum absolute atomic E-state index is 0.222. The number of carbonyl (C=O) groups excluding carboxylic acids is 2. The molecular formula is C30H28BrClN4O5S. The fourth-order valence-corrected chi connectivity index (χ4v) is 4.82. The monoisotopic (exact) mass is 670 g/mol. The van der Waals surface area contributed by atoms with Gasteiger partial charge in [-0.3, -0.25) is 4.79 Å². The third-order valence-corrected chi connectivity index (χ3v) is 7.01. The Hall–Kier alpha value is -3.93. The van der Waals surface area contributed by atoms with Gasteiger partial charge in [0.1, 0.15) is 18.1 Å². The normalized spacial score (nSPS) is 14.7. The second-order valence-electron chi connectivity index (χ2n) is 9.01. The van der Waals surface area contributed by atoms with Crippen LogP contribution in [-0.4, -0.2) is 36.4 Å². The average Bonchev–Trinajstić information content (AvgIpc) is 2.96. The van der Waals surface area contributed by atoms with E-state index < -0.39 is 17.9 Å². The topological polar surface area (TPSA) is 110 Å². The van der Waals surface area contributed by atoms with Gasteiger partial charge >= 0.3 is 5.97 Å². The summed E-state index contributed by atoms with van der Waals surface area (Å²) >= 11 is 14.9. The summed E-state index contributed by atoms with van der Waals surface area (Å²) < 4.78 is 18.0. The van der Waals surface area contributed by atoms with Gasteiger partial charge in [-0.05, 0) is 68.0 Å². The molecule has 3 aromatic carbocycles. The van der Waals surface area contributed by atoms with Crippen molar-refractivity contribution in [3.8, 4) is 11.5 Å². The summed E-state index contributed by atoms with van der Waals surface area (Å²) in [5.41, 5.74) is 5.60. The van der Waals surface area contributed by atoms with Gasteiger partial charge in [-0.15, -0.1) is 0 Å². The first-order valence-corrected chi connectivity index (χ1v) is 14.5. The third-order valence-electron chi connectivity index (χ3n) is 6.03. The van der Waals surface area contributed by atoms with Crippen LogP contribution in [0.15, 0.2) is 87.6 Å². The maximum atomic E-state index is 12.7. The number of nitrogens with zero attached hydrogens (tertiary/aromatic N) is 1. The molecule has 1 aliphatic heterocycles. The average molecular weight is 672 g/mol. The molecule has 0 unspecified atom stereocenters. The summed E-state index contributed by atoms with van der Waals surface area (Å²) in [6, 6.07) is 19.4. The van der Waals surface area contributed by atoms with Crippen molar-refractivity contribution in [2.24, 2.45) is 5.10 Å². The quantitative estimate of drug-likeness (QED) is 0.105. The van der Waals surface area contributed by atoms with E-state index in [1.165, 1.54) is 6.21 Å². The van der Waals surface area contributed by atoms with Crippen molar-refractivity contribution in [3.63, 3.8) is 0 Å². The number of hydrazone groups is 1. The fourth-order valence-electron chi connectivity index (χ4n) is 4.10. The van der Waals surface area contributed by atoms with Crippen molar-refractivity contribution in [1.29, 1.82) is 0 Å². The number of carbonyl (C=O) groups is 2. The summed E-state index contributed by atoms with van der Waals surface area (Å²) in [4.78, 5) is 25.3. The van der Waals surface area contributed by atoms with Crippen molar-refractivity contribution < 1.29 is 23.8 Å². The van der Waals surface area contributed by atoms with Gasteiger partial charge in [0.15, 0.2) is 11.7 Å². The summed E-state index contributed by atoms with van der Waals surface area (Å²) in [5.74, 6) is -0.0253. The van der Waals surface area contributed by atoms with E-state index in [2.05, 4.69) is 37.1 Å². The van der Waals surface area contributed by atoms with E-state index in [0.717, 1.165) is 10.0 Å². The molecule has 0 bridgehead atoms. The van der Waals surface area contributed by atoms with Crippen LogP contribution < -0.4 is 25.5 Å². The molecule has 42 heavy (non-hydrogen) atoms. The molecule has 1 aliphatic rings. The molecule has 3 aromatic rings. The zero-order valence-electron chi connectivity index (χ0n) is 22.8. The van der Waals surface area contributed by atoms with Gasteiger partial charge in [0, 0.05) is 26.3 Å². The predicted octanol–water partition coefficient (Wildman–Crippen LogP) is 5.57. The maximum Gasteiger partial charge on any atom is 0.338 e. The van der Waals surface area contributed by atoms with Gasteiger partial charge in [0.2, 0.25) is 0 Å². The molecule has 1 atom stereocenters. The molecule has 9 nitrogen and oxygen atoms in total. The standard InChI is InChI=1S/C30H28BrClN4O5S/c1-3-39-29(38)27-18(2)34-30(42)35-28(27)23-6-4-5-7-25(23)41-17-26(37)36-33-15-20-14-22(32)12-13-24(20)40-16-19-8-10-21(31)11-9-19/h4-15,28H,3,16-17H2,1-2H3,(H,36,37)(H2,34,35,42)/t28-/m1/s1. The number of rotatable bonds is 11. The van der Waals surface area contributed by atoms with Crippen LogP contribution in [0.4, 0.5) is 0 Å². The molecule has 0 saturated carbocycles. The minimum Gasteiger partial charge on any atom is -0.488 e. The van der Waals surface area contributed by atoms with Crippen LogP contribution in [0.1, 0.15) is 36.6 Å². The third kappa shape index (κ3) is 8.31.